The minimum atomic E-state index is 0.872. The molecule has 0 radical (unpaired) electrons. The quantitative estimate of drug-likeness (QED) is 0.742. The standard InChI is InChI=1S/C15H19Br2N3/c1-4-20-14(15(17)11(2)18-20)10-19(3)9-12-7-5-6-8-13(12)16/h5-8H,4,9-10H2,1-3H3. The van der Waals surface area contributed by atoms with Crippen molar-refractivity contribution in [3.8, 4) is 0 Å². The first-order valence-corrected chi connectivity index (χ1v) is 8.25. The molecular weight excluding hydrogens is 382 g/mol. The average molecular weight is 401 g/mol. The minimum Gasteiger partial charge on any atom is -0.296 e. The molecule has 0 atom stereocenters. The van der Waals surface area contributed by atoms with Crippen molar-refractivity contribution < 1.29 is 0 Å². The molecule has 2 rings (SSSR count). The van der Waals surface area contributed by atoms with Crippen molar-refractivity contribution in [3.63, 3.8) is 0 Å². The lowest BCUT2D eigenvalue weighted by Crippen LogP contribution is -2.20. The van der Waals surface area contributed by atoms with Gasteiger partial charge in [0.25, 0.3) is 0 Å². The third-order valence-corrected chi connectivity index (χ3v) is 5.08. The van der Waals surface area contributed by atoms with E-state index in [-0.39, 0.29) is 0 Å². The minimum absolute atomic E-state index is 0.872. The highest BCUT2D eigenvalue weighted by Crippen LogP contribution is 2.23. The molecule has 0 saturated carbocycles. The third kappa shape index (κ3) is 3.51. The highest BCUT2D eigenvalue weighted by molar-refractivity contribution is 9.10. The molecule has 3 nitrogen and oxygen atoms in total. The average Bonchev–Trinajstić information content (AvgIpc) is 2.69. The van der Waals surface area contributed by atoms with Gasteiger partial charge in [-0.05, 0) is 48.5 Å². The van der Waals surface area contributed by atoms with Crippen molar-refractivity contribution >= 4 is 31.9 Å². The third-order valence-electron chi connectivity index (χ3n) is 3.27. The fraction of sp³-hybridized carbons (Fsp3) is 0.400. The maximum Gasteiger partial charge on any atom is 0.0739 e. The highest BCUT2D eigenvalue weighted by atomic mass is 79.9. The Morgan fingerprint density at radius 3 is 2.55 bits per heavy atom. The lowest BCUT2D eigenvalue weighted by atomic mass is 10.2. The summed E-state index contributed by atoms with van der Waals surface area (Å²) in [7, 11) is 2.13. The Morgan fingerprint density at radius 2 is 1.90 bits per heavy atom. The van der Waals surface area contributed by atoms with Gasteiger partial charge in [0.05, 0.1) is 15.9 Å². The largest absolute Gasteiger partial charge is 0.296 e. The van der Waals surface area contributed by atoms with E-state index in [1.54, 1.807) is 0 Å². The molecular formula is C15H19Br2N3. The summed E-state index contributed by atoms with van der Waals surface area (Å²) in [5.74, 6) is 0. The van der Waals surface area contributed by atoms with Crippen LogP contribution in [-0.2, 0) is 19.6 Å². The Morgan fingerprint density at radius 1 is 1.20 bits per heavy atom. The molecule has 0 N–H and O–H groups in total. The van der Waals surface area contributed by atoms with Crippen molar-refractivity contribution in [2.24, 2.45) is 0 Å². The molecule has 0 amide bonds. The van der Waals surface area contributed by atoms with Crippen molar-refractivity contribution in [1.82, 2.24) is 14.7 Å². The zero-order valence-corrected chi connectivity index (χ0v) is 15.2. The summed E-state index contributed by atoms with van der Waals surface area (Å²) in [6.45, 7) is 6.83. The van der Waals surface area contributed by atoms with Crippen molar-refractivity contribution in [2.75, 3.05) is 7.05 Å². The molecule has 1 heterocycles. The van der Waals surface area contributed by atoms with E-state index in [1.807, 2.05) is 13.0 Å². The Hall–Kier alpha value is -0.650. The fourth-order valence-corrected chi connectivity index (χ4v) is 3.07. The summed E-state index contributed by atoms with van der Waals surface area (Å²) < 4.78 is 4.35. The number of rotatable bonds is 5. The molecule has 108 valence electrons. The summed E-state index contributed by atoms with van der Waals surface area (Å²) in [6.07, 6.45) is 0. The van der Waals surface area contributed by atoms with Crippen LogP contribution >= 0.6 is 31.9 Å². The Balaban J connectivity index is 2.12. The van der Waals surface area contributed by atoms with Crippen LogP contribution < -0.4 is 0 Å². The molecule has 0 bridgehead atoms. The number of aryl methyl sites for hydroxylation is 2. The Labute approximate surface area is 137 Å². The maximum absolute atomic E-state index is 4.54. The van der Waals surface area contributed by atoms with Crippen LogP contribution in [0.3, 0.4) is 0 Å². The molecule has 1 aromatic heterocycles. The predicted molar refractivity (Wildman–Crippen MR) is 89.7 cm³/mol. The van der Waals surface area contributed by atoms with Crippen molar-refractivity contribution in [3.05, 3.63) is 50.2 Å². The molecule has 0 aliphatic rings. The molecule has 2 aromatic rings. The highest BCUT2D eigenvalue weighted by Gasteiger charge is 2.14. The number of benzene rings is 1. The van der Waals surface area contributed by atoms with Gasteiger partial charge in [-0.25, -0.2) is 0 Å². The summed E-state index contributed by atoms with van der Waals surface area (Å²) >= 11 is 7.25. The first-order valence-electron chi connectivity index (χ1n) is 6.66. The molecule has 0 unspecified atom stereocenters. The second-order valence-corrected chi connectivity index (χ2v) is 6.57. The van der Waals surface area contributed by atoms with Crippen LogP contribution in [0.1, 0.15) is 23.9 Å². The molecule has 0 saturated heterocycles. The number of hydrogen-bond donors (Lipinski definition) is 0. The first kappa shape index (κ1) is 15.7. The normalized spacial score (nSPS) is 11.3. The second-order valence-electron chi connectivity index (χ2n) is 4.93. The Bertz CT molecular complexity index is 593. The van der Waals surface area contributed by atoms with Crippen molar-refractivity contribution in [2.45, 2.75) is 33.5 Å². The summed E-state index contributed by atoms with van der Waals surface area (Å²) in [4.78, 5) is 2.30. The summed E-state index contributed by atoms with van der Waals surface area (Å²) in [6, 6.07) is 8.35. The van der Waals surface area contributed by atoms with Gasteiger partial charge in [-0.1, -0.05) is 34.1 Å². The predicted octanol–water partition coefficient (Wildman–Crippen LogP) is 4.37. The monoisotopic (exact) mass is 399 g/mol. The van der Waals surface area contributed by atoms with Crippen LogP contribution in [0.4, 0.5) is 0 Å². The van der Waals surface area contributed by atoms with Crippen LogP contribution in [-0.4, -0.2) is 21.7 Å². The van der Waals surface area contributed by atoms with E-state index in [4.69, 9.17) is 0 Å². The zero-order chi connectivity index (χ0) is 14.7. The van der Waals surface area contributed by atoms with Gasteiger partial charge in [0, 0.05) is 24.1 Å². The van der Waals surface area contributed by atoms with E-state index in [0.717, 1.165) is 34.3 Å². The summed E-state index contributed by atoms with van der Waals surface area (Å²) in [5.41, 5.74) is 3.58. The van der Waals surface area contributed by atoms with E-state index in [2.05, 4.69) is 78.7 Å². The number of halogens is 2. The van der Waals surface area contributed by atoms with Gasteiger partial charge in [-0.2, -0.15) is 5.10 Å². The first-order chi connectivity index (χ1) is 9.52. The molecule has 0 aliphatic carbocycles. The summed E-state index contributed by atoms with van der Waals surface area (Å²) in [5, 5.41) is 4.54. The van der Waals surface area contributed by atoms with E-state index >= 15 is 0 Å². The molecule has 0 spiro atoms. The van der Waals surface area contributed by atoms with Crippen molar-refractivity contribution in [1.29, 1.82) is 0 Å². The Kier molecular flexibility index (Phi) is 5.41. The molecule has 5 heteroatoms. The van der Waals surface area contributed by atoms with Gasteiger partial charge in [-0.3, -0.25) is 9.58 Å². The molecule has 20 heavy (non-hydrogen) atoms. The van der Waals surface area contributed by atoms with E-state index in [9.17, 15) is 0 Å². The van der Waals surface area contributed by atoms with Crippen LogP contribution in [0, 0.1) is 6.92 Å². The second kappa shape index (κ2) is 6.87. The molecule has 0 fully saturated rings. The van der Waals surface area contributed by atoms with E-state index in [0.29, 0.717) is 0 Å². The molecule has 1 aromatic carbocycles. The van der Waals surface area contributed by atoms with Crippen LogP contribution in [0.25, 0.3) is 0 Å². The van der Waals surface area contributed by atoms with Crippen LogP contribution in [0.5, 0.6) is 0 Å². The number of aromatic nitrogens is 2. The van der Waals surface area contributed by atoms with E-state index in [1.165, 1.54) is 11.3 Å². The fourth-order valence-electron chi connectivity index (χ4n) is 2.25. The number of hydrogen-bond acceptors (Lipinski definition) is 2. The molecule has 0 aliphatic heterocycles. The topological polar surface area (TPSA) is 21.1 Å². The SMILES string of the molecule is CCn1nc(C)c(Br)c1CN(C)Cc1ccccc1Br. The number of nitrogens with zero attached hydrogens (tertiary/aromatic N) is 3. The van der Waals surface area contributed by atoms with Gasteiger partial charge in [-0.15, -0.1) is 0 Å². The lowest BCUT2D eigenvalue weighted by molar-refractivity contribution is 0.306. The van der Waals surface area contributed by atoms with E-state index < -0.39 is 0 Å². The van der Waals surface area contributed by atoms with Gasteiger partial charge in [0.15, 0.2) is 0 Å². The maximum atomic E-state index is 4.54. The van der Waals surface area contributed by atoms with Gasteiger partial charge < -0.3 is 0 Å². The van der Waals surface area contributed by atoms with Gasteiger partial charge in [0.2, 0.25) is 0 Å². The van der Waals surface area contributed by atoms with Crippen LogP contribution in [0.15, 0.2) is 33.2 Å². The van der Waals surface area contributed by atoms with Crippen LogP contribution in [0.2, 0.25) is 0 Å². The van der Waals surface area contributed by atoms with Gasteiger partial charge >= 0.3 is 0 Å². The zero-order valence-electron chi connectivity index (χ0n) is 12.0. The smallest absolute Gasteiger partial charge is 0.0739 e. The van der Waals surface area contributed by atoms with Gasteiger partial charge in [0.1, 0.15) is 0 Å². The lowest BCUT2D eigenvalue weighted by Gasteiger charge is -2.18.